The van der Waals surface area contributed by atoms with Gasteiger partial charge in [0.2, 0.25) is 16.8 Å². The predicted octanol–water partition coefficient (Wildman–Crippen LogP) is 1.99. The molecule has 0 radical (unpaired) electrons. The second-order valence-corrected chi connectivity index (χ2v) is 7.58. The Morgan fingerprint density at radius 2 is 2.04 bits per heavy atom. The van der Waals surface area contributed by atoms with Crippen LogP contribution in [-0.2, 0) is 16.6 Å². The van der Waals surface area contributed by atoms with Crippen molar-refractivity contribution in [1.29, 1.82) is 0 Å². The Hall–Kier alpha value is -1.02. The molecule has 132 valence electrons. The molecule has 0 bridgehead atoms. The van der Waals surface area contributed by atoms with Crippen LogP contribution in [0.1, 0.15) is 25.8 Å². The molecule has 8 heteroatoms. The summed E-state index contributed by atoms with van der Waals surface area (Å²) in [5.74, 6) is 1.58. The highest BCUT2D eigenvalue weighted by atomic mass is 35.5. The van der Waals surface area contributed by atoms with E-state index in [1.165, 1.54) is 10.6 Å². The van der Waals surface area contributed by atoms with Gasteiger partial charge in [-0.05, 0) is 32.9 Å². The molecule has 23 heavy (non-hydrogen) atoms. The number of ether oxygens (including phenoxy) is 2. The molecule has 0 amide bonds. The monoisotopic (exact) mass is 364 g/mol. The topological polar surface area (TPSA) is 67.9 Å². The Kier molecular flexibility index (Phi) is 7.60. The predicted molar refractivity (Wildman–Crippen MR) is 92.8 cm³/mol. The third-order valence-electron chi connectivity index (χ3n) is 3.53. The van der Waals surface area contributed by atoms with Crippen molar-refractivity contribution in [2.75, 3.05) is 26.1 Å². The van der Waals surface area contributed by atoms with E-state index in [2.05, 4.69) is 5.32 Å². The van der Waals surface area contributed by atoms with Crippen LogP contribution in [0, 0.1) is 0 Å². The molecule has 0 aliphatic carbocycles. The van der Waals surface area contributed by atoms with Crippen molar-refractivity contribution in [1.82, 2.24) is 9.62 Å². The normalized spacial score (nSPS) is 13.4. The van der Waals surface area contributed by atoms with Crippen molar-refractivity contribution in [2.45, 2.75) is 32.9 Å². The zero-order valence-electron chi connectivity index (χ0n) is 13.7. The quantitative estimate of drug-likeness (QED) is 0.714. The molecule has 0 aromatic heterocycles. The molecule has 0 saturated carbocycles. The fourth-order valence-electron chi connectivity index (χ4n) is 2.52. The molecule has 1 aliphatic heterocycles. The van der Waals surface area contributed by atoms with Gasteiger partial charge in [0, 0.05) is 24.7 Å². The van der Waals surface area contributed by atoms with E-state index in [4.69, 9.17) is 9.47 Å². The van der Waals surface area contributed by atoms with Crippen LogP contribution in [-0.4, -0.2) is 44.9 Å². The van der Waals surface area contributed by atoms with E-state index >= 15 is 0 Å². The van der Waals surface area contributed by atoms with E-state index in [0.29, 0.717) is 13.1 Å². The van der Waals surface area contributed by atoms with Crippen LogP contribution in [0.3, 0.4) is 0 Å². The Morgan fingerprint density at radius 3 is 2.70 bits per heavy atom. The number of hydrogen-bond donors (Lipinski definition) is 1. The van der Waals surface area contributed by atoms with Crippen molar-refractivity contribution in [2.24, 2.45) is 0 Å². The number of nitrogens with zero attached hydrogens (tertiary/aromatic N) is 1. The molecule has 6 nitrogen and oxygen atoms in total. The minimum Gasteiger partial charge on any atom is -0.454 e. The van der Waals surface area contributed by atoms with Crippen LogP contribution < -0.4 is 14.8 Å². The first-order valence-corrected chi connectivity index (χ1v) is 9.29. The lowest BCUT2D eigenvalue weighted by Gasteiger charge is -2.23. The molecule has 1 aliphatic rings. The summed E-state index contributed by atoms with van der Waals surface area (Å²) >= 11 is 0. The molecule has 0 unspecified atom stereocenters. The number of hydrogen-bond acceptors (Lipinski definition) is 5. The van der Waals surface area contributed by atoms with Crippen molar-refractivity contribution < 1.29 is 17.9 Å². The third kappa shape index (κ3) is 5.53. The first kappa shape index (κ1) is 20.0. The second-order valence-electron chi connectivity index (χ2n) is 5.65. The first-order valence-electron chi connectivity index (χ1n) is 7.44. The maximum Gasteiger partial charge on any atom is 0.231 e. The van der Waals surface area contributed by atoms with Crippen LogP contribution in [0.15, 0.2) is 18.2 Å². The minimum absolute atomic E-state index is 0. The highest BCUT2D eigenvalue weighted by molar-refractivity contribution is 7.88. The molecule has 2 rings (SSSR count). The SMILES string of the molecule is CC(C)N(CCCNCc1cccc2c1OCO2)S(C)(=O)=O.Cl. The van der Waals surface area contributed by atoms with E-state index < -0.39 is 10.0 Å². The van der Waals surface area contributed by atoms with E-state index in [9.17, 15) is 8.42 Å². The summed E-state index contributed by atoms with van der Waals surface area (Å²) in [6, 6.07) is 5.81. The van der Waals surface area contributed by atoms with Gasteiger partial charge in [0.25, 0.3) is 0 Å². The van der Waals surface area contributed by atoms with Gasteiger partial charge in [-0.25, -0.2) is 8.42 Å². The van der Waals surface area contributed by atoms with Crippen LogP contribution in [0.2, 0.25) is 0 Å². The average Bonchev–Trinajstić information content (AvgIpc) is 2.89. The van der Waals surface area contributed by atoms with Gasteiger partial charge in [-0.15, -0.1) is 12.4 Å². The van der Waals surface area contributed by atoms with Gasteiger partial charge in [0.15, 0.2) is 11.5 Å². The Bertz CT molecular complexity index is 607. The smallest absolute Gasteiger partial charge is 0.231 e. The molecule has 0 saturated heterocycles. The lowest BCUT2D eigenvalue weighted by Crippen LogP contribution is -2.37. The zero-order valence-corrected chi connectivity index (χ0v) is 15.4. The fourth-order valence-corrected chi connectivity index (χ4v) is 3.75. The fraction of sp³-hybridized carbons (Fsp3) is 0.600. The standard InChI is InChI=1S/C15H24N2O4S.ClH/c1-12(2)17(22(3,18)19)9-5-8-16-10-13-6-4-7-14-15(13)21-11-20-14;/h4,6-7,12,16H,5,8-11H2,1-3H3;1H. The van der Waals surface area contributed by atoms with Crippen LogP contribution in [0.25, 0.3) is 0 Å². The number of sulfonamides is 1. The number of nitrogens with one attached hydrogen (secondary N) is 1. The molecular formula is C15H25ClN2O4S. The van der Waals surface area contributed by atoms with Gasteiger partial charge in [-0.3, -0.25) is 0 Å². The maximum atomic E-state index is 11.7. The van der Waals surface area contributed by atoms with Crippen LogP contribution >= 0.6 is 12.4 Å². The number of fused-ring (bicyclic) bond motifs is 1. The summed E-state index contributed by atoms with van der Waals surface area (Å²) in [6.45, 7) is 5.98. The summed E-state index contributed by atoms with van der Waals surface area (Å²) in [5.41, 5.74) is 1.05. The van der Waals surface area contributed by atoms with Crippen molar-refractivity contribution >= 4 is 22.4 Å². The first-order chi connectivity index (χ1) is 10.4. The van der Waals surface area contributed by atoms with E-state index in [-0.39, 0.29) is 25.2 Å². The van der Waals surface area contributed by atoms with Crippen molar-refractivity contribution in [3.05, 3.63) is 23.8 Å². The van der Waals surface area contributed by atoms with Gasteiger partial charge in [0.05, 0.1) is 6.26 Å². The second kappa shape index (κ2) is 8.73. The molecule has 1 aromatic carbocycles. The van der Waals surface area contributed by atoms with Gasteiger partial charge < -0.3 is 14.8 Å². The number of para-hydroxylation sites is 1. The summed E-state index contributed by atoms with van der Waals surface area (Å²) in [5, 5.41) is 3.32. The van der Waals surface area contributed by atoms with Gasteiger partial charge >= 0.3 is 0 Å². The molecule has 1 aromatic rings. The van der Waals surface area contributed by atoms with Crippen LogP contribution in [0.4, 0.5) is 0 Å². The van der Waals surface area contributed by atoms with Crippen molar-refractivity contribution in [3.8, 4) is 11.5 Å². The average molecular weight is 365 g/mol. The van der Waals surface area contributed by atoms with Gasteiger partial charge in [-0.2, -0.15) is 4.31 Å². The highest BCUT2D eigenvalue weighted by Crippen LogP contribution is 2.35. The Morgan fingerprint density at radius 1 is 1.30 bits per heavy atom. The third-order valence-corrected chi connectivity index (χ3v) is 4.98. The summed E-state index contributed by atoms with van der Waals surface area (Å²) in [6.07, 6.45) is 2.02. The summed E-state index contributed by atoms with van der Waals surface area (Å²) < 4.78 is 35.6. The maximum absolute atomic E-state index is 11.7. The molecule has 0 fully saturated rings. The highest BCUT2D eigenvalue weighted by Gasteiger charge is 2.19. The molecule has 0 spiro atoms. The number of benzene rings is 1. The van der Waals surface area contributed by atoms with Crippen LogP contribution in [0.5, 0.6) is 11.5 Å². The molecule has 1 heterocycles. The summed E-state index contributed by atoms with van der Waals surface area (Å²) in [7, 11) is -3.14. The summed E-state index contributed by atoms with van der Waals surface area (Å²) in [4.78, 5) is 0. The molecule has 0 atom stereocenters. The largest absolute Gasteiger partial charge is 0.454 e. The van der Waals surface area contributed by atoms with E-state index in [1.807, 2.05) is 32.0 Å². The lowest BCUT2D eigenvalue weighted by atomic mass is 10.2. The number of halogens is 1. The lowest BCUT2D eigenvalue weighted by molar-refractivity contribution is 0.173. The zero-order chi connectivity index (χ0) is 16.2. The Balaban J connectivity index is 0.00000264. The van der Waals surface area contributed by atoms with E-state index in [0.717, 1.165) is 30.0 Å². The molecular weight excluding hydrogens is 340 g/mol. The van der Waals surface area contributed by atoms with Gasteiger partial charge in [-0.1, -0.05) is 12.1 Å². The minimum atomic E-state index is -3.14. The van der Waals surface area contributed by atoms with E-state index in [1.54, 1.807) is 0 Å². The molecule has 1 N–H and O–H groups in total. The van der Waals surface area contributed by atoms with Crippen molar-refractivity contribution in [3.63, 3.8) is 0 Å². The van der Waals surface area contributed by atoms with Gasteiger partial charge in [0.1, 0.15) is 0 Å². The Labute approximate surface area is 144 Å². The number of rotatable bonds is 8.